The van der Waals surface area contributed by atoms with Crippen LogP contribution in [0.25, 0.3) is 0 Å². The van der Waals surface area contributed by atoms with Gasteiger partial charge < -0.3 is 15.5 Å². The minimum atomic E-state index is -0.697. The van der Waals surface area contributed by atoms with Gasteiger partial charge in [0.25, 0.3) is 0 Å². The molecule has 1 aromatic rings. The number of nitrogens with zero attached hydrogens (tertiary/aromatic N) is 1. The number of hydrogen-bond donors (Lipinski definition) is 3. The molecule has 11 heavy (non-hydrogen) atoms. The zero-order valence-corrected chi connectivity index (χ0v) is 6.71. The lowest BCUT2D eigenvalue weighted by Crippen LogP contribution is -2.22. The van der Waals surface area contributed by atoms with Gasteiger partial charge in [-0.1, -0.05) is 0 Å². The molecule has 0 bridgehead atoms. The first-order chi connectivity index (χ1) is 5.33. The quantitative estimate of drug-likeness (QED) is 0.597. The van der Waals surface area contributed by atoms with Crippen molar-refractivity contribution in [1.82, 2.24) is 4.37 Å². The van der Waals surface area contributed by atoms with Crippen molar-refractivity contribution in [2.24, 2.45) is 0 Å². The van der Waals surface area contributed by atoms with Gasteiger partial charge in [0.15, 0.2) is 0 Å². The molecule has 0 aliphatic rings. The summed E-state index contributed by atoms with van der Waals surface area (Å²) >= 11 is 1.32. The molecule has 1 aromatic heterocycles. The van der Waals surface area contributed by atoms with E-state index in [1.54, 1.807) is 6.20 Å². The van der Waals surface area contributed by atoms with E-state index in [-0.39, 0.29) is 6.61 Å². The third kappa shape index (κ3) is 2.83. The van der Waals surface area contributed by atoms with Gasteiger partial charge in [0.2, 0.25) is 0 Å². The van der Waals surface area contributed by atoms with Crippen molar-refractivity contribution in [3.8, 4) is 0 Å². The molecule has 1 atom stereocenters. The fourth-order valence-electron chi connectivity index (χ4n) is 0.590. The number of aromatic nitrogens is 1. The summed E-state index contributed by atoms with van der Waals surface area (Å²) in [5.74, 6) is 0. The minimum absolute atomic E-state index is 0.216. The van der Waals surface area contributed by atoms with E-state index in [1.165, 1.54) is 11.5 Å². The number of aliphatic hydroxyl groups is 2. The smallest absolute Gasteiger partial charge is 0.109 e. The zero-order valence-electron chi connectivity index (χ0n) is 5.90. The van der Waals surface area contributed by atoms with Gasteiger partial charge in [-0.3, -0.25) is 0 Å². The van der Waals surface area contributed by atoms with E-state index in [2.05, 4.69) is 9.69 Å². The number of hydrogen-bond acceptors (Lipinski definition) is 5. The molecule has 62 valence electrons. The fraction of sp³-hybridized carbons (Fsp3) is 0.500. The molecular formula is C6H10N2O2S. The average molecular weight is 174 g/mol. The summed E-state index contributed by atoms with van der Waals surface area (Å²) in [6.07, 6.45) is 0.982. The van der Waals surface area contributed by atoms with E-state index >= 15 is 0 Å². The van der Waals surface area contributed by atoms with E-state index in [0.717, 1.165) is 5.00 Å². The van der Waals surface area contributed by atoms with Crippen LogP contribution < -0.4 is 5.32 Å². The first-order valence-electron chi connectivity index (χ1n) is 3.26. The van der Waals surface area contributed by atoms with Crippen molar-refractivity contribution >= 4 is 16.5 Å². The molecule has 4 nitrogen and oxygen atoms in total. The fourth-order valence-corrected chi connectivity index (χ4v) is 1.09. The molecule has 1 heterocycles. The number of rotatable bonds is 4. The van der Waals surface area contributed by atoms with Crippen molar-refractivity contribution in [2.45, 2.75) is 6.10 Å². The van der Waals surface area contributed by atoms with Gasteiger partial charge >= 0.3 is 0 Å². The van der Waals surface area contributed by atoms with Gasteiger partial charge in [-0.15, -0.1) is 0 Å². The zero-order chi connectivity index (χ0) is 8.10. The second-order valence-electron chi connectivity index (χ2n) is 2.09. The van der Waals surface area contributed by atoms with Crippen LogP contribution in [0.3, 0.4) is 0 Å². The Labute approximate surface area is 68.7 Å². The van der Waals surface area contributed by atoms with Gasteiger partial charge in [0.05, 0.1) is 12.7 Å². The normalized spacial score (nSPS) is 12.9. The van der Waals surface area contributed by atoms with Crippen LogP contribution in [0.2, 0.25) is 0 Å². The van der Waals surface area contributed by atoms with Gasteiger partial charge in [0, 0.05) is 12.7 Å². The van der Waals surface area contributed by atoms with Gasteiger partial charge in [-0.2, -0.15) is 4.37 Å². The molecule has 0 saturated heterocycles. The van der Waals surface area contributed by atoms with Crippen molar-refractivity contribution in [3.05, 3.63) is 12.3 Å². The highest BCUT2D eigenvalue weighted by molar-refractivity contribution is 7.10. The Kier molecular flexibility index (Phi) is 3.28. The molecule has 0 fully saturated rings. The predicted octanol–water partition coefficient (Wildman–Crippen LogP) is -0.0918. The van der Waals surface area contributed by atoms with Crippen LogP contribution in [-0.2, 0) is 0 Å². The highest BCUT2D eigenvalue weighted by Crippen LogP contribution is 2.10. The van der Waals surface area contributed by atoms with Gasteiger partial charge in [-0.05, 0) is 17.6 Å². The largest absolute Gasteiger partial charge is 0.394 e. The molecule has 0 amide bonds. The first-order valence-corrected chi connectivity index (χ1v) is 4.03. The molecule has 0 aliphatic heterocycles. The Bertz CT molecular complexity index is 190. The molecule has 1 unspecified atom stereocenters. The second kappa shape index (κ2) is 4.27. The van der Waals surface area contributed by atoms with E-state index in [9.17, 15) is 0 Å². The summed E-state index contributed by atoms with van der Waals surface area (Å²) in [5.41, 5.74) is 0. The molecule has 0 radical (unpaired) electrons. The molecule has 3 N–H and O–H groups in total. The Balaban J connectivity index is 2.23. The van der Waals surface area contributed by atoms with Crippen LogP contribution in [-0.4, -0.2) is 33.8 Å². The third-order valence-corrected chi connectivity index (χ3v) is 1.86. The summed E-state index contributed by atoms with van der Waals surface area (Å²) in [5, 5.41) is 21.2. The Hall–Kier alpha value is -0.650. The Morgan fingerprint density at radius 3 is 3.09 bits per heavy atom. The number of anilines is 1. The maximum Gasteiger partial charge on any atom is 0.109 e. The average Bonchev–Trinajstić information content (AvgIpc) is 2.52. The van der Waals surface area contributed by atoms with Crippen LogP contribution >= 0.6 is 11.5 Å². The van der Waals surface area contributed by atoms with E-state index in [4.69, 9.17) is 10.2 Å². The summed E-state index contributed by atoms with van der Waals surface area (Å²) in [7, 11) is 0. The van der Waals surface area contributed by atoms with Crippen LogP contribution in [0, 0.1) is 0 Å². The van der Waals surface area contributed by atoms with E-state index in [0.29, 0.717) is 6.54 Å². The van der Waals surface area contributed by atoms with Crippen molar-refractivity contribution in [3.63, 3.8) is 0 Å². The molecule has 0 aromatic carbocycles. The maximum absolute atomic E-state index is 8.93. The highest BCUT2D eigenvalue weighted by Gasteiger charge is 2.00. The summed E-state index contributed by atoms with van der Waals surface area (Å²) in [6, 6.07) is 1.81. The maximum atomic E-state index is 8.93. The monoisotopic (exact) mass is 174 g/mol. The summed E-state index contributed by atoms with van der Waals surface area (Å²) in [4.78, 5) is 0. The van der Waals surface area contributed by atoms with Crippen LogP contribution in [0.1, 0.15) is 0 Å². The molecular weight excluding hydrogens is 164 g/mol. The lowest BCUT2D eigenvalue weighted by Gasteiger charge is -2.06. The summed E-state index contributed by atoms with van der Waals surface area (Å²) < 4.78 is 3.86. The van der Waals surface area contributed by atoms with Gasteiger partial charge in [-0.25, -0.2) is 0 Å². The minimum Gasteiger partial charge on any atom is -0.394 e. The lowest BCUT2D eigenvalue weighted by atomic mass is 10.4. The summed E-state index contributed by atoms with van der Waals surface area (Å²) in [6.45, 7) is 0.143. The molecule has 1 rings (SSSR count). The van der Waals surface area contributed by atoms with Crippen LogP contribution in [0.4, 0.5) is 5.00 Å². The standard InChI is InChI=1S/C6H10N2O2S/c9-4-5(10)3-7-6-1-2-8-11-6/h1-2,5,7,9-10H,3-4H2. The van der Waals surface area contributed by atoms with Crippen molar-refractivity contribution < 1.29 is 10.2 Å². The van der Waals surface area contributed by atoms with Crippen molar-refractivity contribution in [2.75, 3.05) is 18.5 Å². The van der Waals surface area contributed by atoms with E-state index < -0.39 is 6.10 Å². The molecule has 0 spiro atoms. The molecule has 0 saturated carbocycles. The highest BCUT2D eigenvalue weighted by atomic mass is 32.1. The number of aliphatic hydroxyl groups excluding tert-OH is 2. The molecule has 0 aliphatic carbocycles. The van der Waals surface area contributed by atoms with Crippen LogP contribution in [0.5, 0.6) is 0 Å². The van der Waals surface area contributed by atoms with E-state index in [1.807, 2.05) is 6.07 Å². The predicted molar refractivity (Wildman–Crippen MR) is 43.7 cm³/mol. The topological polar surface area (TPSA) is 65.4 Å². The molecule has 5 heteroatoms. The Morgan fingerprint density at radius 2 is 2.55 bits per heavy atom. The van der Waals surface area contributed by atoms with Crippen LogP contribution in [0.15, 0.2) is 12.3 Å². The number of nitrogens with one attached hydrogen (secondary N) is 1. The Morgan fingerprint density at radius 1 is 1.73 bits per heavy atom. The second-order valence-corrected chi connectivity index (χ2v) is 2.93. The SMILES string of the molecule is OCC(O)CNc1ccns1. The lowest BCUT2D eigenvalue weighted by molar-refractivity contribution is 0.105. The van der Waals surface area contributed by atoms with Crippen molar-refractivity contribution in [1.29, 1.82) is 0 Å². The third-order valence-electron chi connectivity index (χ3n) is 1.16. The van der Waals surface area contributed by atoms with Gasteiger partial charge in [0.1, 0.15) is 5.00 Å². The first kappa shape index (κ1) is 8.45.